The summed E-state index contributed by atoms with van der Waals surface area (Å²) < 4.78 is 0. The van der Waals surface area contributed by atoms with Crippen LogP contribution in [0.1, 0.15) is 22.3 Å². The fourth-order valence-corrected chi connectivity index (χ4v) is 3.37. The topological polar surface area (TPSA) is 41.0 Å². The van der Waals surface area contributed by atoms with E-state index in [1.54, 1.807) is 6.33 Å². The second-order valence-electron chi connectivity index (χ2n) is 6.65. The van der Waals surface area contributed by atoms with Gasteiger partial charge in [-0.15, -0.1) is 0 Å². The Kier molecular flexibility index (Phi) is 4.10. The van der Waals surface area contributed by atoms with Crippen LogP contribution in [0.2, 0.25) is 0 Å². The molecule has 25 heavy (non-hydrogen) atoms. The number of hydrogen-bond acceptors (Lipinski definition) is 4. The van der Waals surface area contributed by atoms with Gasteiger partial charge >= 0.3 is 0 Å². The maximum atomic E-state index is 4.49. The van der Waals surface area contributed by atoms with Crippen LogP contribution in [0.4, 0.5) is 17.3 Å². The number of anilines is 3. The van der Waals surface area contributed by atoms with E-state index in [4.69, 9.17) is 0 Å². The summed E-state index contributed by atoms with van der Waals surface area (Å²) in [7, 11) is 0. The van der Waals surface area contributed by atoms with Gasteiger partial charge in [0.25, 0.3) is 0 Å². The minimum atomic E-state index is 0.829. The summed E-state index contributed by atoms with van der Waals surface area (Å²) >= 11 is 0. The first-order valence-corrected chi connectivity index (χ1v) is 8.67. The number of rotatable bonds is 3. The molecule has 4 rings (SSSR count). The Morgan fingerprint density at radius 3 is 2.64 bits per heavy atom. The summed E-state index contributed by atoms with van der Waals surface area (Å²) in [5, 5.41) is 3.42. The van der Waals surface area contributed by atoms with Crippen molar-refractivity contribution in [2.24, 2.45) is 0 Å². The van der Waals surface area contributed by atoms with E-state index >= 15 is 0 Å². The molecule has 0 atom stereocenters. The lowest BCUT2D eigenvalue weighted by Gasteiger charge is -2.29. The van der Waals surface area contributed by atoms with Gasteiger partial charge in [0.1, 0.15) is 18.0 Å². The van der Waals surface area contributed by atoms with Gasteiger partial charge in [0.05, 0.1) is 0 Å². The molecular formula is C21H22N4. The zero-order valence-electron chi connectivity index (χ0n) is 14.7. The highest BCUT2D eigenvalue weighted by Crippen LogP contribution is 2.26. The van der Waals surface area contributed by atoms with Gasteiger partial charge in [0.2, 0.25) is 0 Å². The van der Waals surface area contributed by atoms with Crippen LogP contribution in [-0.2, 0) is 13.0 Å². The fourth-order valence-electron chi connectivity index (χ4n) is 3.37. The first-order valence-electron chi connectivity index (χ1n) is 8.67. The van der Waals surface area contributed by atoms with Crippen molar-refractivity contribution in [3.63, 3.8) is 0 Å². The fraction of sp³-hybridized carbons (Fsp3) is 0.238. The molecule has 2 heterocycles. The average molecular weight is 330 g/mol. The molecule has 1 N–H and O–H groups in total. The summed E-state index contributed by atoms with van der Waals surface area (Å²) in [6.45, 7) is 6.10. The Morgan fingerprint density at radius 1 is 0.960 bits per heavy atom. The SMILES string of the molecule is Cc1ccc(Nc2cc(N3CCc4ccccc4C3)ncn2)c(C)c1. The summed E-state index contributed by atoms with van der Waals surface area (Å²) in [6.07, 6.45) is 2.70. The van der Waals surface area contributed by atoms with Gasteiger partial charge < -0.3 is 10.2 Å². The minimum absolute atomic E-state index is 0.829. The van der Waals surface area contributed by atoms with Crippen molar-refractivity contribution >= 4 is 17.3 Å². The largest absolute Gasteiger partial charge is 0.352 e. The Morgan fingerprint density at radius 2 is 1.80 bits per heavy atom. The van der Waals surface area contributed by atoms with Gasteiger partial charge in [-0.05, 0) is 43.0 Å². The van der Waals surface area contributed by atoms with Crippen molar-refractivity contribution < 1.29 is 0 Å². The van der Waals surface area contributed by atoms with Crippen LogP contribution in [0.3, 0.4) is 0 Å². The number of benzene rings is 2. The first kappa shape index (κ1) is 15.6. The quantitative estimate of drug-likeness (QED) is 0.773. The maximum Gasteiger partial charge on any atom is 0.135 e. The zero-order chi connectivity index (χ0) is 17.2. The lowest BCUT2D eigenvalue weighted by molar-refractivity contribution is 0.719. The zero-order valence-corrected chi connectivity index (χ0v) is 14.7. The van der Waals surface area contributed by atoms with Crippen LogP contribution < -0.4 is 10.2 Å². The van der Waals surface area contributed by atoms with E-state index in [2.05, 4.69) is 76.5 Å². The van der Waals surface area contributed by atoms with Crippen LogP contribution in [0.5, 0.6) is 0 Å². The van der Waals surface area contributed by atoms with Crippen LogP contribution in [0.25, 0.3) is 0 Å². The smallest absolute Gasteiger partial charge is 0.135 e. The monoisotopic (exact) mass is 330 g/mol. The molecule has 1 aromatic heterocycles. The number of hydrogen-bond donors (Lipinski definition) is 1. The van der Waals surface area contributed by atoms with E-state index in [0.29, 0.717) is 0 Å². The first-order chi connectivity index (χ1) is 12.2. The average Bonchev–Trinajstić information content (AvgIpc) is 2.64. The van der Waals surface area contributed by atoms with E-state index in [9.17, 15) is 0 Å². The highest BCUT2D eigenvalue weighted by atomic mass is 15.2. The van der Waals surface area contributed by atoms with E-state index in [1.165, 1.54) is 22.3 Å². The second-order valence-corrected chi connectivity index (χ2v) is 6.65. The molecule has 0 bridgehead atoms. The molecule has 0 fully saturated rings. The van der Waals surface area contributed by atoms with Gasteiger partial charge in [-0.1, -0.05) is 42.0 Å². The molecule has 0 saturated carbocycles. The lowest BCUT2D eigenvalue weighted by atomic mass is 10.00. The van der Waals surface area contributed by atoms with Crippen molar-refractivity contribution in [1.82, 2.24) is 9.97 Å². The number of aromatic nitrogens is 2. The minimum Gasteiger partial charge on any atom is -0.352 e. The summed E-state index contributed by atoms with van der Waals surface area (Å²) in [4.78, 5) is 11.2. The number of nitrogens with one attached hydrogen (secondary N) is 1. The van der Waals surface area contributed by atoms with Crippen molar-refractivity contribution in [2.45, 2.75) is 26.8 Å². The molecular weight excluding hydrogens is 308 g/mol. The summed E-state index contributed by atoms with van der Waals surface area (Å²) in [6, 6.07) is 17.1. The van der Waals surface area contributed by atoms with Crippen molar-refractivity contribution in [3.8, 4) is 0 Å². The number of nitrogens with zero attached hydrogens (tertiary/aromatic N) is 3. The molecule has 0 saturated heterocycles. The molecule has 0 spiro atoms. The van der Waals surface area contributed by atoms with Crippen LogP contribution in [0.15, 0.2) is 54.9 Å². The molecule has 0 amide bonds. The van der Waals surface area contributed by atoms with Crippen molar-refractivity contribution in [2.75, 3.05) is 16.8 Å². The predicted octanol–water partition coefficient (Wildman–Crippen LogP) is 4.40. The van der Waals surface area contributed by atoms with Crippen molar-refractivity contribution in [1.29, 1.82) is 0 Å². The van der Waals surface area contributed by atoms with Gasteiger partial charge in [-0.2, -0.15) is 0 Å². The second kappa shape index (κ2) is 6.55. The van der Waals surface area contributed by atoms with Crippen LogP contribution in [-0.4, -0.2) is 16.5 Å². The van der Waals surface area contributed by atoms with E-state index in [-0.39, 0.29) is 0 Å². The molecule has 1 aliphatic heterocycles. The standard InChI is InChI=1S/C21H22N4/c1-15-7-8-19(16(2)11-15)24-20-12-21(23-14-22-20)25-10-9-17-5-3-4-6-18(17)13-25/h3-8,11-12,14H,9-10,13H2,1-2H3,(H,22,23,24). The molecule has 4 nitrogen and oxygen atoms in total. The van der Waals surface area contributed by atoms with E-state index < -0.39 is 0 Å². The summed E-state index contributed by atoms with van der Waals surface area (Å²) in [5.74, 6) is 1.80. The highest BCUT2D eigenvalue weighted by molar-refractivity contribution is 5.63. The van der Waals surface area contributed by atoms with Crippen LogP contribution >= 0.6 is 0 Å². The highest BCUT2D eigenvalue weighted by Gasteiger charge is 2.17. The third kappa shape index (κ3) is 3.33. The normalized spacial score (nSPS) is 13.4. The number of fused-ring (bicyclic) bond motifs is 1. The number of aryl methyl sites for hydroxylation is 2. The lowest BCUT2D eigenvalue weighted by Crippen LogP contribution is -2.31. The van der Waals surface area contributed by atoms with Gasteiger partial charge in [0.15, 0.2) is 0 Å². The third-order valence-corrected chi connectivity index (χ3v) is 4.75. The molecule has 0 aliphatic carbocycles. The Bertz CT molecular complexity index is 904. The molecule has 3 aromatic rings. The Balaban J connectivity index is 1.56. The predicted molar refractivity (Wildman–Crippen MR) is 102 cm³/mol. The van der Waals surface area contributed by atoms with E-state index in [1.807, 2.05) is 6.07 Å². The Hall–Kier alpha value is -2.88. The Labute approximate surface area is 148 Å². The molecule has 1 aliphatic rings. The van der Waals surface area contributed by atoms with Gasteiger partial charge in [-0.3, -0.25) is 0 Å². The van der Waals surface area contributed by atoms with Gasteiger partial charge in [-0.25, -0.2) is 9.97 Å². The van der Waals surface area contributed by atoms with Gasteiger partial charge in [0, 0.05) is 24.8 Å². The van der Waals surface area contributed by atoms with E-state index in [0.717, 1.165) is 36.8 Å². The molecule has 4 heteroatoms. The molecule has 0 radical (unpaired) electrons. The van der Waals surface area contributed by atoms with Crippen LogP contribution in [0, 0.1) is 13.8 Å². The molecule has 2 aromatic carbocycles. The third-order valence-electron chi connectivity index (χ3n) is 4.75. The molecule has 0 unspecified atom stereocenters. The summed E-state index contributed by atoms with van der Waals surface area (Å²) in [5.41, 5.74) is 6.39. The maximum absolute atomic E-state index is 4.49. The van der Waals surface area contributed by atoms with Crippen molar-refractivity contribution in [3.05, 3.63) is 77.1 Å². The molecule has 126 valence electrons.